The van der Waals surface area contributed by atoms with Gasteiger partial charge < -0.3 is 20.1 Å². The molecule has 0 spiro atoms. The van der Waals surface area contributed by atoms with Gasteiger partial charge in [-0.05, 0) is 47.9 Å². The largest absolute Gasteiger partial charge is 0.478 e. The SMILES string of the molecule is COCc1cc(NC(=O)c2ccc(CN3CCCC3=O)cc2)cc(C(=O)O)c1. The first kappa shape index (κ1) is 19.6. The molecule has 3 rings (SSSR count). The first-order valence-electron chi connectivity index (χ1n) is 9.00. The van der Waals surface area contributed by atoms with Gasteiger partial charge in [0.05, 0.1) is 12.2 Å². The summed E-state index contributed by atoms with van der Waals surface area (Å²) in [7, 11) is 1.52. The molecule has 0 aliphatic carbocycles. The monoisotopic (exact) mass is 382 g/mol. The zero-order valence-corrected chi connectivity index (χ0v) is 15.6. The Morgan fingerprint density at radius 1 is 1.11 bits per heavy atom. The summed E-state index contributed by atoms with van der Waals surface area (Å²) in [5.41, 5.74) is 2.54. The highest BCUT2D eigenvalue weighted by molar-refractivity contribution is 6.04. The van der Waals surface area contributed by atoms with Crippen LogP contribution in [0.4, 0.5) is 5.69 Å². The summed E-state index contributed by atoms with van der Waals surface area (Å²) in [6, 6.07) is 11.6. The van der Waals surface area contributed by atoms with Crippen LogP contribution in [0, 0.1) is 0 Å². The van der Waals surface area contributed by atoms with Crippen LogP contribution in [0.25, 0.3) is 0 Å². The summed E-state index contributed by atoms with van der Waals surface area (Å²) in [6.45, 7) is 1.56. The lowest BCUT2D eigenvalue weighted by Crippen LogP contribution is -2.23. The summed E-state index contributed by atoms with van der Waals surface area (Å²) >= 11 is 0. The van der Waals surface area contributed by atoms with E-state index in [1.165, 1.54) is 19.2 Å². The standard InChI is InChI=1S/C21H22N2O5/c1-28-13-15-9-17(21(26)27)11-18(10-15)22-20(25)16-6-4-14(5-7-16)12-23-8-2-3-19(23)24/h4-7,9-11H,2-3,8,12-13H2,1H3,(H,22,25)(H,26,27). The van der Waals surface area contributed by atoms with E-state index in [-0.39, 0.29) is 24.0 Å². The lowest BCUT2D eigenvalue weighted by Gasteiger charge is -2.15. The number of carboxylic acids is 1. The molecule has 2 N–H and O–H groups in total. The van der Waals surface area contributed by atoms with Crippen LogP contribution >= 0.6 is 0 Å². The second-order valence-corrected chi connectivity index (χ2v) is 6.73. The summed E-state index contributed by atoms with van der Waals surface area (Å²) < 4.78 is 5.05. The number of carbonyl (C=O) groups excluding carboxylic acids is 2. The Hall–Kier alpha value is -3.19. The van der Waals surface area contributed by atoms with Crippen molar-refractivity contribution in [1.29, 1.82) is 0 Å². The van der Waals surface area contributed by atoms with Crippen LogP contribution in [0.1, 0.15) is 44.7 Å². The number of likely N-dealkylation sites (tertiary alicyclic amines) is 1. The van der Waals surface area contributed by atoms with Gasteiger partial charge in [-0.15, -0.1) is 0 Å². The molecule has 0 unspecified atom stereocenters. The van der Waals surface area contributed by atoms with Crippen LogP contribution in [0.3, 0.4) is 0 Å². The molecule has 1 fully saturated rings. The predicted molar refractivity (Wildman–Crippen MR) is 103 cm³/mol. The van der Waals surface area contributed by atoms with Gasteiger partial charge in [-0.2, -0.15) is 0 Å². The van der Waals surface area contributed by atoms with E-state index in [1.807, 2.05) is 17.0 Å². The summed E-state index contributed by atoms with van der Waals surface area (Å²) in [5.74, 6) is -1.25. The number of rotatable bonds is 7. The molecule has 1 aliphatic heterocycles. The highest BCUT2D eigenvalue weighted by atomic mass is 16.5. The van der Waals surface area contributed by atoms with Gasteiger partial charge in [0.2, 0.25) is 5.91 Å². The molecule has 0 radical (unpaired) electrons. The summed E-state index contributed by atoms with van der Waals surface area (Å²) in [4.78, 5) is 37.3. The van der Waals surface area contributed by atoms with E-state index in [1.54, 1.807) is 18.2 Å². The average Bonchev–Trinajstić information content (AvgIpc) is 3.07. The van der Waals surface area contributed by atoms with Gasteiger partial charge in [0, 0.05) is 37.9 Å². The molecule has 1 saturated heterocycles. The normalized spacial score (nSPS) is 13.6. The maximum Gasteiger partial charge on any atom is 0.335 e. The highest BCUT2D eigenvalue weighted by Gasteiger charge is 2.20. The zero-order chi connectivity index (χ0) is 20.1. The Morgan fingerprint density at radius 2 is 1.86 bits per heavy atom. The third-order valence-electron chi connectivity index (χ3n) is 4.57. The molecule has 2 aromatic rings. The number of amides is 2. The Morgan fingerprint density at radius 3 is 2.46 bits per heavy atom. The number of ether oxygens (including phenoxy) is 1. The molecule has 28 heavy (non-hydrogen) atoms. The van der Waals surface area contributed by atoms with Crippen LogP contribution in [-0.2, 0) is 22.7 Å². The van der Waals surface area contributed by atoms with E-state index < -0.39 is 5.97 Å². The van der Waals surface area contributed by atoms with Crippen molar-refractivity contribution in [1.82, 2.24) is 4.90 Å². The van der Waals surface area contributed by atoms with E-state index in [2.05, 4.69) is 5.32 Å². The van der Waals surface area contributed by atoms with E-state index in [0.29, 0.717) is 29.8 Å². The van der Waals surface area contributed by atoms with Gasteiger partial charge >= 0.3 is 5.97 Å². The quantitative estimate of drug-likeness (QED) is 0.768. The molecule has 2 aromatic carbocycles. The average molecular weight is 382 g/mol. The van der Waals surface area contributed by atoms with Crippen LogP contribution in [0.5, 0.6) is 0 Å². The van der Waals surface area contributed by atoms with Crippen LogP contribution < -0.4 is 5.32 Å². The summed E-state index contributed by atoms with van der Waals surface area (Å²) in [6.07, 6.45) is 1.49. The molecule has 0 bridgehead atoms. The Balaban J connectivity index is 1.70. The van der Waals surface area contributed by atoms with Crippen molar-refractivity contribution in [2.24, 2.45) is 0 Å². The molecule has 1 aliphatic rings. The van der Waals surface area contributed by atoms with Crippen LogP contribution in [0.15, 0.2) is 42.5 Å². The molecular weight excluding hydrogens is 360 g/mol. The molecule has 0 atom stereocenters. The lowest BCUT2D eigenvalue weighted by molar-refractivity contribution is -0.128. The van der Waals surface area contributed by atoms with Gasteiger partial charge in [0.15, 0.2) is 0 Å². The van der Waals surface area contributed by atoms with Crippen molar-refractivity contribution in [3.63, 3.8) is 0 Å². The van der Waals surface area contributed by atoms with E-state index in [0.717, 1.165) is 18.5 Å². The fourth-order valence-electron chi connectivity index (χ4n) is 3.19. The van der Waals surface area contributed by atoms with E-state index >= 15 is 0 Å². The number of hydrogen-bond acceptors (Lipinski definition) is 4. The molecular formula is C21H22N2O5. The van der Waals surface area contributed by atoms with Crippen molar-refractivity contribution in [3.05, 3.63) is 64.7 Å². The minimum absolute atomic E-state index is 0.0791. The Labute approximate surface area is 162 Å². The minimum atomic E-state index is -1.07. The third kappa shape index (κ3) is 4.75. The van der Waals surface area contributed by atoms with Crippen molar-refractivity contribution in [2.45, 2.75) is 26.0 Å². The van der Waals surface area contributed by atoms with Gasteiger partial charge in [-0.3, -0.25) is 9.59 Å². The van der Waals surface area contributed by atoms with Crippen molar-refractivity contribution in [3.8, 4) is 0 Å². The number of benzene rings is 2. The van der Waals surface area contributed by atoms with E-state index in [4.69, 9.17) is 4.74 Å². The van der Waals surface area contributed by atoms with Gasteiger partial charge in [-0.1, -0.05) is 12.1 Å². The Kier molecular flexibility index (Phi) is 6.06. The van der Waals surface area contributed by atoms with Gasteiger partial charge in [0.1, 0.15) is 0 Å². The van der Waals surface area contributed by atoms with Crippen LogP contribution in [0.2, 0.25) is 0 Å². The highest BCUT2D eigenvalue weighted by Crippen LogP contribution is 2.18. The maximum absolute atomic E-state index is 12.5. The molecule has 0 aromatic heterocycles. The van der Waals surface area contributed by atoms with Crippen molar-refractivity contribution < 1.29 is 24.2 Å². The van der Waals surface area contributed by atoms with Gasteiger partial charge in [0.25, 0.3) is 5.91 Å². The molecule has 0 saturated carbocycles. The molecule has 146 valence electrons. The molecule has 7 heteroatoms. The molecule has 1 heterocycles. The maximum atomic E-state index is 12.5. The topological polar surface area (TPSA) is 95.9 Å². The minimum Gasteiger partial charge on any atom is -0.478 e. The van der Waals surface area contributed by atoms with Crippen molar-refractivity contribution >= 4 is 23.5 Å². The van der Waals surface area contributed by atoms with Crippen LogP contribution in [-0.4, -0.2) is 41.4 Å². The first-order valence-corrected chi connectivity index (χ1v) is 9.00. The number of nitrogens with one attached hydrogen (secondary N) is 1. The Bertz CT molecular complexity index is 892. The number of nitrogens with zero attached hydrogens (tertiary/aromatic N) is 1. The summed E-state index contributed by atoms with van der Waals surface area (Å²) in [5, 5.41) is 12.0. The van der Waals surface area contributed by atoms with Crippen molar-refractivity contribution in [2.75, 3.05) is 19.0 Å². The fraction of sp³-hybridized carbons (Fsp3) is 0.286. The smallest absolute Gasteiger partial charge is 0.335 e. The predicted octanol–water partition coefficient (Wildman–Crippen LogP) is 2.91. The van der Waals surface area contributed by atoms with Gasteiger partial charge in [-0.25, -0.2) is 4.79 Å². The second kappa shape index (κ2) is 8.67. The fourth-order valence-corrected chi connectivity index (χ4v) is 3.19. The number of anilines is 1. The number of carboxylic acid groups (broad SMARTS) is 1. The second-order valence-electron chi connectivity index (χ2n) is 6.73. The zero-order valence-electron chi connectivity index (χ0n) is 15.6. The third-order valence-corrected chi connectivity index (χ3v) is 4.57. The van der Waals surface area contributed by atoms with E-state index in [9.17, 15) is 19.5 Å². The number of hydrogen-bond donors (Lipinski definition) is 2. The number of aromatic carboxylic acids is 1. The lowest BCUT2D eigenvalue weighted by atomic mass is 10.1. The first-order chi connectivity index (χ1) is 13.5. The number of carbonyl (C=O) groups is 3. The number of methoxy groups -OCH3 is 1. The molecule has 7 nitrogen and oxygen atoms in total. The molecule has 2 amide bonds.